The van der Waals surface area contributed by atoms with Gasteiger partial charge in [-0.1, -0.05) is 24.3 Å². The van der Waals surface area contributed by atoms with Crippen LogP contribution >= 0.6 is 0 Å². The highest BCUT2D eigenvalue weighted by Crippen LogP contribution is 2.20. The van der Waals surface area contributed by atoms with Crippen LogP contribution in [0, 0.1) is 0 Å². The van der Waals surface area contributed by atoms with Crippen molar-refractivity contribution in [3.05, 3.63) is 60.2 Å². The van der Waals surface area contributed by atoms with E-state index in [1.165, 1.54) is 9.80 Å². The number of urea groups is 1. The quantitative estimate of drug-likeness (QED) is 0.600. The maximum atomic E-state index is 13.3. The molecule has 0 bridgehead atoms. The minimum absolute atomic E-state index is 0.00541. The fraction of sp³-hybridized carbons (Fsp3) is 0.360. The van der Waals surface area contributed by atoms with Gasteiger partial charge in [-0.25, -0.2) is 4.79 Å². The maximum Gasteiger partial charge on any atom is 0.321 e. The summed E-state index contributed by atoms with van der Waals surface area (Å²) >= 11 is 0. The average Bonchev–Trinajstić information content (AvgIpc) is 2.89. The van der Waals surface area contributed by atoms with Gasteiger partial charge in [0.25, 0.3) is 5.91 Å². The Morgan fingerprint density at radius 2 is 1.86 bits per heavy atom. The molecule has 2 aliphatic rings. The zero-order chi connectivity index (χ0) is 24.8. The molecule has 0 aromatic heterocycles. The predicted octanol–water partition coefficient (Wildman–Crippen LogP) is 1.45. The molecule has 2 aliphatic heterocycles. The van der Waals surface area contributed by atoms with Gasteiger partial charge in [-0.15, -0.1) is 0 Å². The third-order valence-electron chi connectivity index (χ3n) is 6.17. The van der Waals surface area contributed by atoms with Crippen molar-refractivity contribution in [2.75, 3.05) is 38.6 Å². The van der Waals surface area contributed by atoms with E-state index in [4.69, 9.17) is 4.74 Å². The molecule has 10 nitrogen and oxygen atoms in total. The lowest BCUT2D eigenvalue weighted by Gasteiger charge is -2.41. The second kappa shape index (κ2) is 10.9. The van der Waals surface area contributed by atoms with Crippen LogP contribution in [0.4, 0.5) is 10.5 Å². The van der Waals surface area contributed by atoms with Crippen LogP contribution in [0.5, 0.6) is 5.75 Å². The second-order valence-corrected chi connectivity index (χ2v) is 8.48. The van der Waals surface area contributed by atoms with Gasteiger partial charge in [0.2, 0.25) is 11.8 Å². The van der Waals surface area contributed by atoms with Crippen molar-refractivity contribution >= 4 is 29.4 Å². The highest BCUT2D eigenvalue weighted by atomic mass is 16.5. The molecule has 2 heterocycles. The molecule has 0 spiro atoms. The number of hydrogen-bond acceptors (Lipinski definition) is 5. The molecular weight excluding hydrogens is 450 g/mol. The summed E-state index contributed by atoms with van der Waals surface area (Å²) in [6.07, 6.45) is 1.28. The molecule has 0 saturated carbocycles. The fourth-order valence-corrected chi connectivity index (χ4v) is 4.26. The Kier molecular flexibility index (Phi) is 7.49. The molecule has 2 atom stereocenters. The van der Waals surface area contributed by atoms with Crippen molar-refractivity contribution in [1.29, 1.82) is 0 Å². The molecule has 0 radical (unpaired) electrons. The van der Waals surface area contributed by atoms with Crippen LogP contribution in [0.2, 0.25) is 0 Å². The molecule has 35 heavy (non-hydrogen) atoms. The van der Waals surface area contributed by atoms with E-state index in [2.05, 4.69) is 16.0 Å². The number of nitrogens with one attached hydrogen (secondary N) is 3. The number of benzene rings is 2. The van der Waals surface area contributed by atoms with E-state index in [9.17, 15) is 19.2 Å². The third-order valence-corrected chi connectivity index (χ3v) is 6.17. The van der Waals surface area contributed by atoms with Gasteiger partial charge >= 0.3 is 6.03 Å². The van der Waals surface area contributed by atoms with E-state index in [0.717, 1.165) is 6.42 Å². The number of rotatable bonds is 5. The summed E-state index contributed by atoms with van der Waals surface area (Å²) in [7, 11) is 1.54. The Hall–Kier alpha value is -4.08. The molecule has 2 unspecified atom stereocenters. The van der Waals surface area contributed by atoms with Crippen molar-refractivity contribution in [2.45, 2.75) is 24.9 Å². The van der Waals surface area contributed by atoms with Crippen molar-refractivity contribution in [2.24, 2.45) is 0 Å². The third kappa shape index (κ3) is 5.71. The molecule has 2 aromatic rings. The van der Waals surface area contributed by atoms with E-state index < -0.39 is 24.0 Å². The SMILES string of the molecule is COc1cccc(NC(=O)N2CCN(C(=O)c3ccccc3)C(C(=O)NC3CCCNC3=O)C2)c1. The van der Waals surface area contributed by atoms with Gasteiger partial charge in [-0.3, -0.25) is 14.4 Å². The fourth-order valence-electron chi connectivity index (χ4n) is 4.26. The van der Waals surface area contributed by atoms with Crippen LogP contribution in [0.3, 0.4) is 0 Å². The molecule has 3 N–H and O–H groups in total. The standard InChI is InChI=1S/C25H29N5O5/c1-35-19-10-5-9-18(15-19)27-25(34)29-13-14-30(24(33)17-7-3-2-4-8-17)21(16-29)23(32)28-20-11-6-12-26-22(20)31/h2-5,7-10,15,20-21H,6,11-14,16H2,1H3,(H,26,31)(H,27,34)(H,28,32). The second-order valence-electron chi connectivity index (χ2n) is 8.48. The summed E-state index contributed by atoms with van der Waals surface area (Å²) in [5.74, 6) is -0.403. The smallest absolute Gasteiger partial charge is 0.321 e. The number of carbonyl (C=O) groups excluding carboxylic acids is 4. The molecule has 10 heteroatoms. The Bertz CT molecular complexity index is 1090. The molecule has 2 saturated heterocycles. The van der Waals surface area contributed by atoms with Crippen LogP contribution in [0.25, 0.3) is 0 Å². The lowest BCUT2D eigenvalue weighted by Crippen LogP contribution is -2.64. The van der Waals surface area contributed by atoms with Crippen molar-refractivity contribution < 1.29 is 23.9 Å². The molecule has 0 aliphatic carbocycles. The number of nitrogens with zero attached hydrogens (tertiary/aromatic N) is 2. The lowest BCUT2D eigenvalue weighted by atomic mass is 10.0. The van der Waals surface area contributed by atoms with Gasteiger partial charge < -0.3 is 30.5 Å². The maximum absolute atomic E-state index is 13.3. The Morgan fingerprint density at radius 3 is 2.60 bits per heavy atom. The number of methoxy groups -OCH3 is 1. The number of amides is 5. The van der Waals surface area contributed by atoms with Crippen molar-refractivity contribution in [3.63, 3.8) is 0 Å². The van der Waals surface area contributed by atoms with E-state index >= 15 is 0 Å². The average molecular weight is 480 g/mol. The monoisotopic (exact) mass is 479 g/mol. The van der Waals surface area contributed by atoms with Crippen LogP contribution in [0.15, 0.2) is 54.6 Å². The van der Waals surface area contributed by atoms with Crippen LogP contribution in [-0.2, 0) is 9.59 Å². The van der Waals surface area contributed by atoms with E-state index in [0.29, 0.717) is 30.0 Å². The highest BCUT2D eigenvalue weighted by Gasteiger charge is 2.39. The Labute approximate surface area is 203 Å². The van der Waals surface area contributed by atoms with E-state index in [-0.39, 0.29) is 31.4 Å². The van der Waals surface area contributed by atoms with Gasteiger partial charge in [-0.05, 0) is 37.1 Å². The molecule has 2 fully saturated rings. The Balaban J connectivity index is 1.51. The lowest BCUT2D eigenvalue weighted by molar-refractivity contribution is -0.133. The summed E-state index contributed by atoms with van der Waals surface area (Å²) in [6.45, 7) is 0.996. The molecule has 4 rings (SSSR count). The summed E-state index contributed by atoms with van der Waals surface area (Å²) in [6, 6.07) is 13.7. The van der Waals surface area contributed by atoms with Crippen molar-refractivity contribution in [3.8, 4) is 5.75 Å². The number of ether oxygens (including phenoxy) is 1. The summed E-state index contributed by atoms with van der Waals surface area (Å²) in [5, 5.41) is 8.34. The topological polar surface area (TPSA) is 120 Å². The number of carbonyl (C=O) groups is 4. The molecule has 184 valence electrons. The van der Waals surface area contributed by atoms with E-state index in [1.807, 2.05) is 6.07 Å². The molecule has 5 amide bonds. The number of anilines is 1. The largest absolute Gasteiger partial charge is 0.497 e. The zero-order valence-electron chi connectivity index (χ0n) is 19.5. The van der Waals surface area contributed by atoms with Crippen LogP contribution < -0.4 is 20.7 Å². The van der Waals surface area contributed by atoms with Gasteiger partial charge in [-0.2, -0.15) is 0 Å². The summed E-state index contributed by atoms with van der Waals surface area (Å²) in [5.41, 5.74) is 1.01. The van der Waals surface area contributed by atoms with Gasteiger partial charge in [0.05, 0.1) is 13.7 Å². The number of hydrogen-bond donors (Lipinski definition) is 3. The normalized spacial score (nSPS) is 20.0. The molecular formula is C25H29N5O5. The first-order valence-electron chi connectivity index (χ1n) is 11.6. The first kappa shape index (κ1) is 24.1. The van der Waals surface area contributed by atoms with Crippen LogP contribution in [-0.4, -0.2) is 78.9 Å². The van der Waals surface area contributed by atoms with E-state index in [1.54, 1.807) is 55.6 Å². The van der Waals surface area contributed by atoms with Gasteiger partial charge in [0, 0.05) is 37.0 Å². The zero-order valence-corrected chi connectivity index (χ0v) is 19.5. The van der Waals surface area contributed by atoms with Crippen LogP contribution in [0.1, 0.15) is 23.2 Å². The first-order chi connectivity index (χ1) is 17.0. The van der Waals surface area contributed by atoms with Crippen molar-refractivity contribution in [1.82, 2.24) is 20.4 Å². The Morgan fingerprint density at radius 1 is 1.06 bits per heavy atom. The summed E-state index contributed by atoms with van der Waals surface area (Å²) in [4.78, 5) is 54.7. The number of piperazine rings is 1. The minimum Gasteiger partial charge on any atom is -0.497 e. The minimum atomic E-state index is -0.942. The van der Waals surface area contributed by atoms with Gasteiger partial charge in [0.1, 0.15) is 17.8 Å². The first-order valence-corrected chi connectivity index (χ1v) is 11.6. The highest BCUT2D eigenvalue weighted by molar-refractivity contribution is 5.99. The molecule has 2 aromatic carbocycles. The summed E-state index contributed by atoms with van der Waals surface area (Å²) < 4.78 is 5.20. The number of piperidine rings is 1. The van der Waals surface area contributed by atoms with Gasteiger partial charge in [0.15, 0.2) is 0 Å². The predicted molar refractivity (Wildman–Crippen MR) is 129 cm³/mol.